The van der Waals surface area contributed by atoms with Crippen LogP contribution in [0.4, 0.5) is 5.69 Å². The molecule has 1 N–H and O–H groups in total. The van der Waals surface area contributed by atoms with E-state index in [1.807, 2.05) is 18.2 Å². The van der Waals surface area contributed by atoms with Crippen LogP contribution in [0.1, 0.15) is 12.0 Å². The first-order valence-corrected chi connectivity index (χ1v) is 4.99. The molecule has 1 amide bonds. The molecule has 0 aliphatic carbocycles. The number of fused-ring (bicyclic) bond motifs is 1. The molecule has 0 spiro atoms. The maximum atomic E-state index is 11.1. The van der Waals surface area contributed by atoms with E-state index in [9.17, 15) is 4.79 Å². The maximum absolute atomic E-state index is 11.1. The molecule has 0 fully saturated rings. The van der Waals surface area contributed by atoms with Crippen molar-refractivity contribution in [3.05, 3.63) is 36.4 Å². The summed E-state index contributed by atoms with van der Waals surface area (Å²) in [5.41, 5.74) is 1.95. The van der Waals surface area contributed by atoms with Crippen LogP contribution in [0.15, 0.2) is 30.9 Å². The molecule has 1 aromatic carbocycles. The summed E-state index contributed by atoms with van der Waals surface area (Å²) in [6.45, 7) is 4.19. The second kappa shape index (κ2) is 4.17. The predicted molar refractivity (Wildman–Crippen MR) is 59.1 cm³/mol. The second-order valence-corrected chi connectivity index (χ2v) is 3.47. The molecule has 0 atom stereocenters. The lowest BCUT2D eigenvalue weighted by Crippen LogP contribution is -2.11. The largest absolute Gasteiger partial charge is 0.493 e. The zero-order chi connectivity index (χ0) is 10.7. The molecule has 3 heteroatoms. The third kappa shape index (κ3) is 2.18. The van der Waals surface area contributed by atoms with Gasteiger partial charge >= 0.3 is 0 Å². The van der Waals surface area contributed by atoms with E-state index in [0.29, 0.717) is 0 Å². The first-order valence-electron chi connectivity index (χ1n) is 4.99. The van der Waals surface area contributed by atoms with Crippen LogP contribution in [0, 0.1) is 0 Å². The summed E-state index contributed by atoms with van der Waals surface area (Å²) < 4.78 is 5.48. The lowest BCUT2D eigenvalue weighted by Gasteiger charge is -2.17. The smallest absolute Gasteiger partial charge is 0.247 e. The molecule has 78 valence electrons. The zero-order valence-corrected chi connectivity index (χ0v) is 8.45. The van der Waals surface area contributed by atoms with E-state index in [0.717, 1.165) is 36.4 Å². The number of aryl methyl sites for hydroxylation is 1. The number of ether oxygens (including phenoxy) is 1. The summed E-state index contributed by atoms with van der Waals surface area (Å²) >= 11 is 0. The van der Waals surface area contributed by atoms with E-state index in [1.165, 1.54) is 6.08 Å². The van der Waals surface area contributed by atoms with Crippen molar-refractivity contribution in [1.29, 1.82) is 0 Å². The van der Waals surface area contributed by atoms with Gasteiger partial charge in [0.25, 0.3) is 0 Å². The maximum Gasteiger partial charge on any atom is 0.247 e. The van der Waals surface area contributed by atoms with Crippen LogP contribution in [0.3, 0.4) is 0 Å². The number of hydrogen-bond acceptors (Lipinski definition) is 2. The quantitative estimate of drug-likeness (QED) is 0.748. The standard InChI is InChI=1S/C12H13NO2/c1-2-12(14)13-10-5-6-11-9(8-10)4-3-7-15-11/h2,5-6,8H,1,3-4,7H2,(H,13,14). The van der Waals surface area contributed by atoms with Gasteiger partial charge in [0.2, 0.25) is 5.91 Å². The van der Waals surface area contributed by atoms with Gasteiger partial charge in [0, 0.05) is 5.69 Å². The third-order valence-electron chi connectivity index (χ3n) is 2.36. The molecule has 1 aliphatic rings. The predicted octanol–water partition coefficient (Wildman–Crippen LogP) is 2.14. The highest BCUT2D eigenvalue weighted by molar-refractivity contribution is 5.98. The molecule has 0 radical (unpaired) electrons. The Balaban J connectivity index is 2.20. The fourth-order valence-corrected chi connectivity index (χ4v) is 1.63. The summed E-state index contributed by atoms with van der Waals surface area (Å²) in [6, 6.07) is 5.69. The topological polar surface area (TPSA) is 38.3 Å². The van der Waals surface area contributed by atoms with Crippen molar-refractivity contribution in [3.63, 3.8) is 0 Å². The van der Waals surface area contributed by atoms with Gasteiger partial charge in [-0.15, -0.1) is 0 Å². The van der Waals surface area contributed by atoms with Gasteiger partial charge in [-0.3, -0.25) is 4.79 Å². The van der Waals surface area contributed by atoms with Crippen LogP contribution in [0.25, 0.3) is 0 Å². The van der Waals surface area contributed by atoms with Crippen LogP contribution in [-0.4, -0.2) is 12.5 Å². The number of amides is 1. The minimum atomic E-state index is -0.188. The Morgan fingerprint density at radius 2 is 2.40 bits per heavy atom. The Hall–Kier alpha value is -1.77. The number of carbonyl (C=O) groups is 1. The molecule has 0 unspecified atom stereocenters. The number of rotatable bonds is 2. The minimum Gasteiger partial charge on any atom is -0.493 e. The number of anilines is 1. The summed E-state index contributed by atoms with van der Waals surface area (Å²) in [5, 5.41) is 2.73. The van der Waals surface area contributed by atoms with Crippen molar-refractivity contribution in [2.75, 3.05) is 11.9 Å². The number of nitrogens with one attached hydrogen (secondary N) is 1. The van der Waals surface area contributed by atoms with Gasteiger partial charge in [0.1, 0.15) is 5.75 Å². The van der Waals surface area contributed by atoms with Crippen LogP contribution in [0.2, 0.25) is 0 Å². The Labute approximate surface area is 88.8 Å². The van der Waals surface area contributed by atoms with Crippen molar-refractivity contribution < 1.29 is 9.53 Å². The molecule has 1 aliphatic heterocycles. The van der Waals surface area contributed by atoms with E-state index in [1.54, 1.807) is 0 Å². The first-order chi connectivity index (χ1) is 7.29. The average molecular weight is 203 g/mol. The van der Waals surface area contributed by atoms with Gasteiger partial charge in [-0.25, -0.2) is 0 Å². The van der Waals surface area contributed by atoms with Gasteiger partial charge in [0.05, 0.1) is 6.61 Å². The van der Waals surface area contributed by atoms with Gasteiger partial charge in [-0.05, 0) is 42.7 Å². The fourth-order valence-electron chi connectivity index (χ4n) is 1.63. The molecule has 0 aromatic heterocycles. The summed E-state index contributed by atoms with van der Waals surface area (Å²) in [4.78, 5) is 11.1. The molecule has 1 heterocycles. The number of carbonyl (C=O) groups excluding carboxylic acids is 1. The Morgan fingerprint density at radius 1 is 1.53 bits per heavy atom. The summed E-state index contributed by atoms with van der Waals surface area (Å²) in [6.07, 6.45) is 3.30. The van der Waals surface area contributed by atoms with Crippen LogP contribution < -0.4 is 10.1 Å². The number of hydrogen-bond donors (Lipinski definition) is 1. The minimum absolute atomic E-state index is 0.188. The highest BCUT2D eigenvalue weighted by Gasteiger charge is 2.10. The zero-order valence-electron chi connectivity index (χ0n) is 8.45. The highest BCUT2D eigenvalue weighted by atomic mass is 16.5. The van der Waals surface area contributed by atoms with Crippen molar-refractivity contribution in [1.82, 2.24) is 0 Å². The SMILES string of the molecule is C=CC(=O)Nc1ccc2c(c1)CCCO2. The van der Waals surface area contributed by atoms with Crippen molar-refractivity contribution in [2.45, 2.75) is 12.8 Å². The van der Waals surface area contributed by atoms with Gasteiger partial charge < -0.3 is 10.1 Å². The van der Waals surface area contributed by atoms with Crippen LogP contribution in [0.5, 0.6) is 5.75 Å². The normalized spacial score (nSPS) is 13.6. The Morgan fingerprint density at radius 3 is 3.20 bits per heavy atom. The van der Waals surface area contributed by atoms with E-state index in [2.05, 4.69) is 11.9 Å². The highest BCUT2D eigenvalue weighted by Crippen LogP contribution is 2.27. The molecule has 1 aromatic rings. The van der Waals surface area contributed by atoms with E-state index < -0.39 is 0 Å². The van der Waals surface area contributed by atoms with Gasteiger partial charge in [-0.2, -0.15) is 0 Å². The van der Waals surface area contributed by atoms with Crippen molar-refractivity contribution in [2.24, 2.45) is 0 Å². The molecule has 2 rings (SSSR count). The van der Waals surface area contributed by atoms with E-state index >= 15 is 0 Å². The monoisotopic (exact) mass is 203 g/mol. The average Bonchev–Trinajstić information content (AvgIpc) is 2.29. The van der Waals surface area contributed by atoms with Gasteiger partial charge in [-0.1, -0.05) is 6.58 Å². The Kier molecular flexibility index (Phi) is 2.72. The van der Waals surface area contributed by atoms with Crippen LogP contribution >= 0.6 is 0 Å². The summed E-state index contributed by atoms with van der Waals surface area (Å²) in [7, 11) is 0. The third-order valence-corrected chi connectivity index (χ3v) is 2.36. The van der Waals surface area contributed by atoms with E-state index in [4.69, 9.17) is 4.74 Å². The van der Waals surface area contributed by atoms with Crippen molar-refractivity contribution >= 4 is 11.6 Å². The molecule has 0 saturated heterocycles. The summed E-state index contributed by atoms with van der Waals surface area (Å²) in [5.74, 6) is 0.740. The van der Waals surface area contributed by atoms with Gasteiger partial charge in [0.15, 0.2) is 0 Å². The molecular formula is C12H13NO2. The lowest BCUT2D eigenvalue weighted by molar-refractivity contribution is -0.111. The fraction of sp³-hybridized carbons (Fsp3) is 0.250. The number of benzene rings is 1. The van der Waals surface area contributed by atoms with E-state index in [-0.39, 0.29) is 5.91 Å². The van der Waals surface area contributed by atoms with Crippen molar-refractivity contribution in [3.8, 4) is 5.75 Å². The molecule has 3 nitrogen and oxygen atoms in total. The molecular weight excluding hydrogens is 190 g/mol. The lowest BCUT2D eigenvalue weighted by atomic mass is 10.1. The molecule has 0 bridgehead atoms. The van der Waals surface area contributed by atoms with Crippen LogP contribution in [-0.2, 0) is 11.2 Å². The second-order valence-electron chi connectivity index (χ2n) is 3.47. The Bertz CT molecular complexity index is 399. The molecule has 0 saturated carbocycles. The molecule has 15 heavy (non-hydrogen) atoms. The first kappa shape index (κ1) is 9.77.